The van der Waals surface area contributed by atoms with Crippen molar-refractivity contribution in [1.29, 1.82) is 0 Å². The number of aromatic nitrogens is 4. The molecule has 0 fully saturated rings. The van der Waals surface area contributed by atoms with Crippen LogP contribution >= 0.6 is 0 Å². The summed E-state index contributed by atoms with van der Waals surface area (Å²) >= 11 is 0. The molecule has 23 heavy (non-hydrogen) atoms. The Labute approximate surface area is 136 Å². The predicted octanol–water partition coefficient (Wildman–Crippen LogP) is 3.05. The zero-order chi connectivity index (χ0) is 16.2. The lowest BCUT2D eigenvalue weighted by Crippen LogP contribution is -2.01. The standard InChI is InChI=1S/C19H18N4/c1-14-4-5-18(11-21-14)12-23-13-19(22-16(23)3)7-6-17-8-9-20-15(2)10-17/h4-5,8-11,13H,12H2,1-3H3. The second kappa shape index (κ2) is 6.45. The number of aryl methyl sites for hydroxylation is 3. The van der Waals surface area contributed by atoms with Gasteiger partial charge in [0.1, 0.15) is 11.5 Å². The third-order valence-electron chi connectivity index (χ3n) is 3.53. The van der Waals surface area contributed by atoms with E-state index in [1.54, 1.807) is 6.20 Å². The Morgan fingerprint density at radius 2 is 1.87 bits per heavy atom. The molecule has 0 aliphatic carbocycles. The van der Waals surface area contributed by atoms with Gasteiger partial charge >= 0.3 is 0 Å². The lowest BCUT2D eigenvalue weighted by atomic mass is 10.2. The highest BCUT2D eigenvalue weighted by atomic mass is 15.1. The lowest BCUT2D eigenvalue weighted by Gasteiger charge is -2.04. The van der Waals surface area contributed by atoms with E-state index in [2.05, 4.69) is 37.4 Å². The Balaban J connectivity index is 1.80. The fourth-order valence-corrected chi connectivity index (χ4v) is 2.28. The lowest BCUT2D eigenvalue weighted by molar-refractivity contribution is 0.758. The van der Waals surface area contributed by atoms with Crippen LogP contribution in [0, 0.1) is 32.6 Å². The van der Waals surface area contributed by atoms with E-state index in [9.17, 15) is 0 Å². The highest BCUT2D eigenvalue weighted by molar-refractivity contribution is 5.39. The predicted molar refractivity (Wildman–Crippen MR) is 90.0 cm³/mol. The maximum atomic E-state index is 4.52. The number of hydrogen-bond donors (Lipinski definition) is 0. The van der Waals surface area contributed by atoms with Crippen LogP contribution < -0.4 is 0 Å². The van der Waals surface area contributed by atoms with Crippen LogP contribution in [0.4, 0.5) is 0 Å². The molecule has 0 N–H and O–H groups in total. The summed E-state index contributed by atoms with van der Waals surface area (Å²) in [6.45, 7) is 6.69. The quantitative estimate of drug-likeness (QED) is 0.683. The molecule has 0 bridgehead atoms. The van der Waals surface area contributed by atoms with Gasteiger partial charge in [-0.2, -0.15) is 0 Å². The van der Waals surface area contributed by atoms with E-state index in [1.807, 2.05) is 51.4 Å². The molecule has 4 heteroatoms. The van der Waals surface area contributed by atoms with Gasteiger partial charge < -0.3 is 4.57 Å². The molecule has 3 aromatic rings. The third-order valence-corrected chi connectivity index (χ3v) is 3.53. The van der Waals surface area contributed by atoms with Gasteiger partial charge in [-0.05, 0) is 50.5 Å². The van der Waals surface area contributed by atoms with E-state index in [1.165, 1.54) is 0 Å². The van der Waals surface area contributed by atoms with E-state index in [4.69, 9.17) is 0 Å². The molecule has 0 radical (unpaired) electrons. The summed E-state index contributed by atoms with van der Waals surface area (Å²) in [5, 5.41) is 0. The summed E-state index contributed by atoms with van der Waals surface area (Å²) in [4.78, 5) is 13.0. The summed E-state index contributed by atoms with van der Waals surface area (Å²) in [5.74, 6) is 7.20. The van der Waals surface area contributed by atoms with E-state index >= 15 is 0 Å². The van der Waals surface area contributed by atoms with Crippen molar-refractivity contribution in [1.82, 2.24) is 19.5 Å². The molecule has 114 valence electrons. The van der Waals surface area contributed by atoms with Gasteiger partial charge in [0.15, 0.2) is 0 Å². The van der Waals surface area contributed by atoms with Crippen LogP contribution in [0.3, 0.4) is 0 Å². The van der Waals surface area contributed by atoms with Gasteiger partial charge in [-0.15, -0.1) is 0 Å². The summed E-state index contributed by atoms with van der Waals surface area (Å²) in [7, 11) is 0. The minimum absolute atomic E-state index is 0.752. The summed E-state index contributed by atoms with van der Waals surface area (Å²) < 4.78 is 2.09. The average molecular weight is 302 g/mol. The Morgan fingerprint density at radius 3 is 2.61 bits per heavy atom. The molecule has 0 saturated carbocycles. The van der Waals surface area contributed by atoms with Crippen molar-refractivity contribution in [3.63, 3.8) is 0 Å². The molecule has 4 nitrogen and oxygen atoms in total. The van der Waals surface area contributed by atoms with Crippen LogP contribution in [0.2, 0.25) is 0 Å². The van der Waals surface area contributed by atoms with Crippen LogP contribution in [0.25, 0.3) is 0 Å². The molecule has 3 heterocycles. The zero-order valence-corrected chi connectivity index (χ0v) is 13.5. The largest absolute Gasteiger partial charge is 0.329 e. The molecule has 0 aliphatic heterocycles. The molecular formula is C19H18N4. The van der Waals surface area contributed by atoms with Gasteiger partial charge in [0.05, 0.1) is 6.54 Å². The van der Waals surface area contributed by atoms with E-state index < -0.39 is 0 Å². The van der Waals surface area contributed by atoms with Crippen LogP contribution in [-0.2, 0) is 6.54 Å². The number of rotatable bonds is 2. The second-order valence-corrected chi connectivity index (χ2v) is 5.54. The van der Waals surface area contributed by atoms with E-state index in [0.717, 1.165) is 40.6 Å². The monoisotopic (exact) mass is 302 g/mol. The third kappa shape index (κ3) is 3.83. The van der Waals surface area contributed by atoms with Crippen LogP contribution in [0.5, 0.6) is 0 Å². The SMILES string of the molecule is Cc1ccc(Cn2cc(C#Cc3ccnc(C)c3)nc2C)cn1. The molecule has 3 rings (SSSR count). The summed E-state index contributed by atoms with van der Waals surface area (Å²) in [6, 6.07) is 7.98. The van der Waals surface area contributed by atoms with Crippen molar-refractivity contribution >= 4 is 0 Å². The zero-order valence-electron chi connectivity index (χ0n) is 13.5. The van der Waals surface area contributed by atoms with Crippen LogP contribution in [0.1, 0.15) is 34.0 Å². The molecular weight excluding hydrogens is 284 g/mol. The van der Waals surface area contributed by atoms with Gasteiger partial charge in [0.25, 0.3) is 0 Å². The molecule has 0 saturated heterocycles. The van der Waals surface area contributed by atoms with Gasteiger partial charge in [0.2, 0.25) is 0 Å². The maximum Gasteiger partial charge on any atom is 0.131 e. The molecule has 3 aromatic heterocycles. The minimum atomic E-state index is 0.752. The Bertz CT molecular complexity index is 880. The molecule has 0 unspecified atom stereocenters. The molecule has 0 aliphatic rings. The normalized spacial score (nSPS) is 10.2. The Morgan fingerprint density at radius 1 is 1.00 bits per heavy atom. The van der Waals surface area contributed by atoms with Gasteiger partial charge in [0, 0.05) is 35.5 Å². The first-order valence-corrected chi connectivity index (χ1v) is 7.50. The van der Waals surface area contributed by atoms with Crippen molar-refractivity contribution in [3.8, 4) is 11.8 Å². The first kappa shape index (κ1) is 15.0. The molecule has 0 amide bonds. The summed E-state index contributed by atoms with van der Waals surface area (Å²) in [5.41, 5.74) is 4.87. The maximum absolute atomic E-state index is 4.52. The van der Waals surface area contributed by atoms with Crippen molar-refractivity contribution in [3.05, 3.63) is 76.9 Å². The topological polar surface area (TPSA) is 43.6 Å². The number of pyridine rings is 2. The van der Waals surface area contributed by atoms with Crippen molar-refractivity contribution < 1.29 is 0 Å². The first-order valence-electron chi connectivity index (χ1n) is 7.50. The van der Waals surface area contributed by atoms with Crippen LogP contribution in [0.15, 0.2) is 42.9 Å². The van der Waals surface area contributed by atoms with Crippen molar-refractivity contribution in [2.24, 2.45) is 0 Å². The summed E-state index contributed by atoms with van der Waals surface area (Å²) in [6.07, 6.45) is 5.66. The van der Waals surface area contributed by atoms with Gasteiger partial charge in [-0.3, -0.25) is 9.97 Å². The van der Waals surface area contributed by atoms with Crippen molar-refractivity contribution in [2.75, 3.05) is 0 Å². The van der Waals surface area contributed by atoms with Crippen molar-refractivity contribution in [2.45, 2.75) is 27.3 Å². The molecule has 0 aromatic carbocycles. The van der Waals surface area contributed by atoms with Crippen LogP contribution in [-0.4, -0.2) is 19.5 Å². The molecule has 0 atom stereocenters. The Hall–Kier alpha value is -2.93. The number of hydrogen-bond acceptors (Lipinski definition) is 3. The minimum Gasteiger partial charge on any atom is -0.329 e. The highest BCUT2D eigenvalue weighted by Gasteiger charge is 2.03. The molecule has 0 spiro atoms. The smallest absolute Gasteiger partial charge is 0.131 e. The number of imidazole rings is 1. The highest BCUT2D eigenvalue weighted by Crippen LogP contribution is 2.08. The number of nitrogens with zero attached hydrogens (tertiary/aromatic N) is 4. The van der Waals surface area contributed by atoms with Gasteiger partial charge in [-0.25, -0.2) is 4.98 Å². The fourth-order valence-electron chi connectivity index (χ4n) is 2.28. The Kier molecular flexibility index (Phi) is 4.20. The second-order valence-electron chi connectivity index (χ2n) is 5.54. The van der Waals surface area contributed by atoms with E-state index in [0.29, 0.717) is 0 Å². The fraction of sp³-hybridized carbons (Fsp3) is 0.211. The van der Waals surface area contributed by atoms with Gasteiger partial charge in [-0.1, -0.05) is 12.0 Å². The first-order chi connectivity index (χ1) is 11.1. The van der Waals surface area contributed by atoms with E-state index in [-0.39, 0.29) is 0 Å². The average Bonchev–Trinajstić information content (AvgIpc) is 2.88.